The van der Waals surface area contributed by atoms with Crippen LogP contribution in [0.5, 0.6) is 0 Å². The Morgan fingerprint density at radius 1 is 1.03 bits per heavy atom. The van der Waals surface area contributed by atoms with E-state index in [1.54, 1.807) is 24.3 Å². The number of likely N-dealkylation sites (N-methyl/N-ethyl adjacent to an activating group) is 1. The van der Waals surface area contributed by atoms with Gasteiger partial charge in [-0.2, -0.15) is 0 Å². The van der Waals surface area contributed by atoms with Gasteiger partial charge in [-0.1, -0.05) is 66.2 Å². The summed E-state index contributed by atoms with van der Waals surface area (Å²) in [5.74, 6) is -1.14. The average molecular weight is 559 g/mol. The minimum absolute atomic E-state index is 0.0488. The van der Waals surface area contributed by atoms with Crippen LogP contribution in [0.15, 0.2) is 78.9 Å². The van der Waals surface area contributed by atoms with E-state index in [2.05, 4.69) is 5.32 Å². The fourth-order valence-corrected chi connectivity index (χ4v) is 4.94. The van der Waals surface area contributed by atoms with Crippen molar-refractivity contribution in [3.05, 3.63) is 105 Å². The van der Waals surface area contributed by atoms with Crippen molar-refractivity contribution in [2.75, 3.05) is 24.2 Å². The molecule has 0 saturated carbocycles. The molecule has 200 valence electrons. The van der Waals surface area contributed by atoms with Gasteiger partial charge in [-0.05, 0) is 23.3 Å². The first-order chi connectivity index (χ1) is 18.0. The molecule has 2 amide bonds. The molecule has 0 heterocycles. The van der Waals surface area contributed by atoms with Gasteiger partial charge in [0.2, 0.25) is 21.8 Å². The highest BCUT2D eigenvalue weighted by Crippen LogP contribution is 2.25. The number of nitrogens with zero attached hydrogens (tertiary/aromatic N) is 3. The Labute approximate surface area is 226 Å². The van der Waals surface area contributed by atoms with Gasteiger partial charge < -0.3 is 10.2 Å². The van der Waals surface area contributed by atoms with E-state index in [0.29, 0.717) is 10.6 Å². The standard InChI is InChI=1S/C26H27ClN4O6S/c1-28-26(33)24(15-19-9-4-3-5-10-19)29(17-20-11-6-7-14-23(20)27)25(32)18-30(38(2,36)37)21-12-8-13-22(16-21)31(34)35/h3-14,16,24H,15,17-18H2,1-2H3,(H,28,33)/t24-/m0/s1. The molecular weight excluding hydrogens is 532 g/mol. The SMILES string of the molecule is CNC(=O)[C@H](Cc1ccccc1)N(Cc1ccccc1Cl)C(=O)CN(c1cccc([N+](=O)[O-])c1)S(C)(=O)=O. The molecule has 38 heavy (non-hydrogen) atoms. The quantitative estimate of drug-likeness (QED) is 0.283. The Morgan fingerprint density at radius 2 is 1.68 bits per heavy atom. The number of non-ortho nitro benzene ring substituents is 1. The van der Waals surface area contributed by atoms with Gasteiger partial charge in [-0.15, -0.1) is 0 Å². The lowest BCUT2D eigenvalue weighted by atomic mass is 10.0. The van der Waals surface area contributed by atoms with Crippen molar-refractivity contribution in [2.24, 2.45) is 0 Å². The van der Waals surface area contributed by atoms with Gasteiger partial charge >= 0.3 is 0 Å². The smallest absolute Gasteiger partial charge is 0.271 e. The lowest BCUT2D eigenvalue weighted by molar-refractivity contribution is -0.384. The lowest BCUT2D eigenvalue weighted by Crippen LogP contribution is -2.52. The van der Waals surface area contributed by atoms with Crippen molar-refractivity contribution in [3.63, 3.8) is 0 Å². The van der Waals surface area contributed by atoms with E-state index in [4.69, 9.17) is 11.6 Å². The second kappa shape index (κ2) is 12.5. The number of hydrogen-bond acceptors (Lipinski definition) is 6. The number of nitrogens with one attached hydrogen (secondary N) is 1. The van der Waals surface area contributed by atoms with Gasteiger partial charge in [-0.25, -0.2) is 8.42 Å². The van der Waals surface area contributed by atoms with Crippen molar-refractivity contribution in [2.45, 2.75) is 19.0 Å². The molecule has 0 radical (unpaired) electrons. The first kappa shape index (κ1) is 28.6. The molecule has 0 fully saturated rings. The van der Waals surface area contributed by atoms with Gasteiger partial charge in [0.25, 0.3) is 5.69 Å². The molecule has 0 bridgehead atoms. The maximum atomic E-state index is 13.8. The molecule has 0 saturated heterocycles. The molecule has 1 atom stereocenters. The molecule has 0 aliphatic heterocycles. The Hall–Kier alpha value is -3.96. The largest absolute Gasteiger partial charge is 0.357 e. The summed E-state index contributed by atoms with van der Waals surface area (Å²) in [6.45, 7) is -0.761. The van der Waals surface area contributed by atoms with E-state index in [9.17, 15) is 28.1 Å². The zero-order valence-electron chi connectivity index (χ0n) is 20.8. The highest BCUT2D eigenvalue weighted by atomic mass is 35.5. The summed E-state index contributed by atoms with van der Waals surface area (Å²) < 4.78 is 26.2. The van der Waals surface area contributed by atoms with Crippen molar-refractivity contribution >= 4 is 44.8 Å². The van der Waals surface area contributed by atoms with Gasteiger partial charge in [0.1, 0.15) is 12.6 Å². The Morgan fingerprint density at radius 3 is 2.29 bits per heavy atom. The van der Waals surface area contributed by atoms with Crippen LogP contribution in [-0.2, 0) is 32.6 Å². The van der Waals surface area contributed by atoms with E-state index in [1.807, 2.05) is 30.3 Å². The molecule has 3 aromatic carbocycles. The van der Waals surface area contributed by atoms with Crippen LogP contribution in [0.3, 0.4) is 0 Å². The third-order valence-corrected chi connectivity index (χ3v) is 7.33. The monoisotopic (exact) mass is 558 g/mol. The van der Waals surface area contributed by atoms with Crippen molar-refractivity contribution in [1.29, 1.82) is 0 Å². The maximum absolute atomic E-state index is 13.8. The maximum Gasteiger partial charge on any atom is 0.271 e. The molecule has 12 heteroatoms. The summed E-state index contributed by atoms with van der Waals surface area (Å²) in [4.78, 5) is 38.8. The van der Waals surface area contributed by atoms with E-state index < -0.39 is 39.3 Å². The molecular formula is C26H27ClN4O6S. The number of nitro benzene ring substituents is 1. The lowest BCUT2D eigenvalue weighted by Gasteiger charge is -2.33. The molecule has 3 aromatic rings. The molecule has 3 rings (SSSR count). The van der Waals surface area contributed by atoms with Crippen LogP contribution >= 0.6 is 11.6 Å². The summed E-state index contributed by atoms with van der Waals surface area (Å²) in [7, 11) is -2.60. The van der Waals surface area contributed by atoms with Crippen LogP contribution in [0.25, 0.3) is 0 Å². The number of anilines is 1. The number of carbonyl (C=O) groups is 2. The van der Waals surface area contributed by atoms with Crippen LogP contribution in [0, 0.1) is 10.1 Å². The molecule has 0 aromatic heterocycles. The number of nitro groups is 1. The van der Waals surface area contributed by atoms with Gasteiger partial charge in [0.15, 0.2) is 0 Å². The second-order valence-electron chi connectivity index (χ2n) is 8.48. The van der Waals surface area contributed by atoms with E-state index in [-0.39, 0.29) is 24.3 Å². The zero-order valence-corrected chi connectivity index (χ0v) is 22.4. The van der Waals surface area contributed by atoms with Crippen LogP contribution in [0.4, 0.5) is 11.4 Å². The minimum atomic E-state index is -4.04. The average Bonchev–Trinajstić information content (AvgIpc) is 2.89. The summed E-state index contributed by atoms with van der Waals surface area (Å²) in [5.41, 5.74) is 0.971. The third-order valence-electron chi connectivity index (χ3n) is 5.82. The van der Waals surface area contributed by atoms with Crippen LogP contribution < -0.4 is 9.62 Å². The predicted molar refractivity (Wildman–Crippen MR) is 145 cm³/mol. The molecule has 1 N–H and O–H groups in total. The van der Waals surface area contributed by atoms with Crippen LogP contribution in [0.2, 0.25) is 5.02 Å². The summed E-state index contributed by atoms with van der Waals surface area (Å²) in [6, 6.07) is 19.9. The fourth-order valence-electron chi connectivity index (χ4n) is 3.91. The van der Waals surface area contributed by atoms with E-state index in [1.165, 1.54) is 30.1 Å². The topological polar surface area (TPSA) is 130 Å². The van der Waals surface area contributed by atoms with Gasteiger partial charge in [0, 0.05) is 37.2 Å². The number of hydrogen-bond donors (Lipinski definition) is 1. The molecule has 10 nitrogen and oxygen atoms in total. The highest BCUT2D eigenvalue weighted by molar-refractivity contribution is 7.92. The zero-order chi connectivity index (χ0) is 27.9. The number of rotatable bonds is 11. The van der Waals surface area contributed by atoms with Crippen molar-refractivity contribution in [3.8, 4) is 0 Å². The molecule has 0 spiro atoms. The Balaban J connectivity index is 2.05. The summed E-state index contributed by atoms with van der Waals surface area (Å²) in [6.07, 6.45) is 1.06. The number of carbonyl (C=O) groups excluding carboxylic acids is 2. The summed E-state index contributed by atoms with van der Waals surface area (Å²) in [5, 5.41) is 14.2. The van der Waals surface area contributed by atoms with Crippen LogP contribution in [0.1, 0.15) is 11.1 Å². The van der Waals surface area contributed by atoms with E-state index >= 15 is 0 Å². The fraction of sp³-hybridized carbons (Fsp3) is 0.231. The number of benzene rings is 3. The number of sulfonamides is 1. The Kier molecular flexibility index (Phi) is 9.43. The Bertz CT molecular complexity index is 1420. The van der Waals surface area contributed by atoms with Crippen molar-refractivity contribution in [1.82, 2.24) is 10.2 Å². The second-order valence-corrected chi connectivity index (χ2v) is 10.8. The summed E-state index contributed by atoms with van der Waals surface area (Å²) >= 11 is 6.36. The van der Waals surface area contributed by atoms with Gasteiger partial charge in [-0.3, -0.25) is 24.0 Å². The molecule has 0 aliphatic carbocycles. The first-order valence-corrected chi connectivity index (χ1v) is 13.7. The third kappa shape index (κ3) is 7.30. The number of halogens is 1. The van der Waals surface area contributed by atoms with Crippen LogP contribution in [-0.4, -0.2) is 55.9 Å². The van der Waals surface area contributed by atoms with Crippen molar-refractivity contribution < 1.29 is 22.9 Å². The minimum Gasteiger partial charge on any atom is -0.357 e. The predicted octanol–water partition coefficient (Wildman–Crippen LogP) is 3.40. The molecule has 0 aliphatic rings. The molecule has 0 unspecified atom stereocenters. The van der Waals surface area contributed by atoms with Gasteiger partial charge in [0.05, 0.1) is 16.9 Å². The first-order valence-electron chi connectivity index (χ1n) is 11.5. The number of amides is 2. The normalized spacial score (nSPS) is 11.9. The van der Waals surface area contributed by atoms with E-state index in [0.717, 1.165) is 22.2 Å². The highest BCUT2D eigenvalue weighted by Gasteiger charge is 2.33.